The van der Waals surface area contributed by atoms with E-state index < -0.39 is 11.5 Å². The van der Waals surface area contributed by atoms with Crippen LogP contribution in [0.2, 0.25) is 0 Å². The van der Waals surface area contributed by atoms with E-state index in [9.17, 15) is 9.59 Å². The van der Waals surface area contributed by atoms with Gasteiger partial charge < -0.3 is 10.6 Å². The highest BCUT2D eigenvalue weighted by molar-refractivity contribution is 9.10. The van der Waals surface area contributed by atoms with Crippen LogP contribution >= 0.6 is 15.9 Å². The molecule has 7 heteroatoms. The molecule has 2 amide bonds. The van der Waals surface area contributed by atoms with E-state index in [1.165, 1.54) is 5.01 Å². The van der Waals surface area contributed by atoms with Crippen molar-refractivity contribution in [1.82, 2.24) is 9.91 Å². The SMILES string of the molecule is CN1N=C2CCN(C(=O)C(N)CCc3ccccc3Br)C[C@@]2(Cc2ccccc2)C1=O. The molecule has 1 saturated heterocycles. The van der Waals surface area contributed by atoms with E-state index in [0.717, 1.165) is 21.3 Å². The third-order valence-electron chi connectivity index (χ3n) is 6.27. The molecule has 0 aliphatic carbocycles. The summed E-state index contributed by atoms with van der Waals surface area (Å²) in [6.45, 7) is 0.865. The molecular formula is C24H27BrN4O2. The number of likely N-dealkylation sites (tertiary alicyclic amines) is 1. The second-order valence-electron chi connectivity index (χ2n) is 8.37. The van der Waals surface area contributed by atoms with Crippen molar-refractivity contribution in [2.75, 3.05) is 20.1 Å². The van der Waals surface area contributed by atoms with Crippen LogP contribution in [0.3, 0.4) is 0 Å². The Balaban J connectivity index is 1.49. The van der Waals surface area contributed by atoms with E-state index in [1.54, 1.807) is 11.9 Å². The molecule has 6 nitrogen and oxygen atoms in total. The predicted molar refractivity (Wildman–Crippen MR) is 124 cm³/mol. The molecule has 2 atom stereocenters. The van der Waals surface area contributed by atoms with Crippen LogP contribution < -0.4 is 5.73 Å². The summed E-state index contributed by atoms with van der Waals surface area (Å²) in [6, 6.07) is 17.3. The minimum absolute atomic E-state index is 0.0503. The highest BCUT2D eigenvalue weighted by atomic mass is 79.9. The van der Waals surface area contributed by atoms with Crippen LogP contribution in [0.4, 0.5) is 0 Å². The molecule has 2 N–H and O–H groups in total. The van der Waals surface area contributed by atoms with Crippen LogP contribution in [0.1, 0.15) is 24.0 Å². The molecule has 2 aliphatic rings. The minimum Gasteiger partial charge on any atom is -0.339 e. The third-order valence-corrected chi connectivity index (χ3v) is 7.04. The molecule has 1 unspecified atom stereocenters. The molecule has 2 aromatic carbocycles. The first-order valence-corrected chi connectivity index (χ1v) is 11.4. The normalized spacial score (nSPS) is 21.6. The van der Waals surface area contributed by atoms with Gasteiger partial charge in [0.1, 0.15) is 5.41 Å². The number of aryl methyl sites for hydroxylation is 1. The van der Waals surface area contributed by atoms with E-state index in [2.05, 4.69) is 21.0 Å². The molecule has 0 spiro atoms. The van der Waals surface area contributed by atoms with Gasteiger partial charge in [0.25, 0.3) is 5.91 Å². The molecular weight excluding hydrogens is 456 g/mol. The summed E-state index contributed by atoms with van der Waals surface area (Å²) in [5.41, 5.74) is 8.57. The fourth-order valence-electron chi connectivity index (χ4n) is 4.59. The molecule has 1 fully saturated rings. The second kappa shape index (κ2) is 8.93. The Kier molecular flexibility index (Phi) is 6.25. The average molecular weight is 483 g/mol. The summed E-state index contributed by atoms with van der Waals surface area (Å²) in [5.74, 6) is -0.147. The van der Waals surface area contributed by atoms with Gasteiger partial charge in [0.05, 0.1) is 11.8 Å². The maximum absolute atomic E-state index is 13.2. The highest BCUT2D eigenvalue weighted by Gasteiger charge is 2.53. The van der Waals surface area contributed by atoms with Gasteiger partial charge in [0.2, 0.25) is 5.91 Å². The standard InChI is InChI=1S/C24H27BrN4O2/c1-28-23(31)24(15-17-7-3-2-4-8-17)16-29(14-13-21(24)27-28)22(30)20(26)12-11-18-9-5-6-10-19(18)25/h2-10,20H,11-16,26H2,1H3/t20?,24-/m1/s1. The Hall–Kier alpha value is -2.51. The van der Waals surface area contributed by atoms with Crippen molar-refractivity contribution in [1.29, 1.82) is 0 Å². The second-order valence-corrected chi connectivity index (χ2v) is 9.22. The third kappa shape index (κ3) is 4.29. The number of carbonyl (C=O) groups excluding carboxylic acids is 2. The Bertz CT molecular complexity index is 1010. The first-order chi connectivity index (χ1) is 14.9. The number of amides is 2. The number of fused-ring (bicyclic) bond motifs is 1. The van der Waals surface area contributed by atoms with Gasteiger partial charge in [-0.1, -0.05) is 64.5 Å². The molecule has 162 valence electrons. The minimum atomic E-state index is -0.799. The first-order valence-electron chi connectivity index (χ1n) is 10.6. The summed E-state index contributed by atoms with van der Waals surface area (Å²) in [5, 5.41) is 5.94. The average Bonchev–Trinajstić information content (AvgIpc) is 3.02. The molecule has 0 aromatic heterocycles. The molecule has 2 aliphatic heterocycles. The summed E-state index contributed by atoms with van der Waals surface area (Å²) < 4.78 is 1.02. The fourth-order valence-corrected chi connectivity index (χ4v) is 5.07. The quantitative estimate of drug-likeness (QED) is 0.686. The van der Waals surface area contributed by atoms with Gasteiger partial charge in [-0.05, 0) is 36.5 Å². The fraction of sp³-hybridized carbons (Fsp3) is 0.375. The van der Waals surface area contributed by atoms with E-state index in [0.29, 0.717) is 38.8 Å². The number of nitrogens with zero attached hydrogens (tertiary/aromatic N) is 3. The van der Waals surface area contributed by atoms with E-state index >= 15 is 0 Å². The zero-order chi connectivity index (χ0) is 22.0. The van der Waals surface area contributed by atoms with Crippen molar-refractivity contribution in [2.45, 2.75) is 31.7 Å². The van der Waals surface area contributed by atoms with Crippen molar-refractivity contribution in [2.24, 2.45) is 16.3 Å². The van der Waals surface area contributed by atoms with Gasteiger partial charge in [-0.15, -0.1) is 0 Å². The topological polar surface area (TPSA) is 79.0 Å². The van der Waals surface area contributed by atoms with E-state index in [4.69, 9.17) is 5.73 Å². The lowest BCUT2D eigenvalue weighted by molar-refractivity contribution is -0.140. The van der Waals surface area contributed by atoms with Crippen LogP contribution in [-0.2, 0) is 22.4 Å². The predicted octanol–water partition coefficient (Wildman–Crippen LogP) is 3.00. The molecule has 31 heavy (non-hydrogen) atoms. The maximum atomic E-state index is 13.2. The molecule has 2 heterocycles. The number of nitrogens with two attached hydrogens (primary N) is 1. The van der Waals surface area contributed by atoms with Gasteiger partial charge in [0, 0.05) is 31.0 Å². The highest BCUT2D eigenvalue weighted by Crippen LogP contribution is 2.38. The Morgan fingerprint density at radius 3 is 2.65 bits per heavy atom. The van der Waals surface area contributed by atoms with Gasteiger partial charge in [-0.3, -0.25) is 9.59 Å². The number of halogens is 1. The van der Waals surface area contributed by atoms with E-state index in [-0.39, 0.29) is 11.8 Å². The van der Waals surface area contributed by atoms with Crippen molar-refractivity contribution in [3.8, 4) is 0 Å². The van der Waals surface area contributed by atoms with Gasteiger partial charge >= 0.3 is 0 Å². The number of rotatable bonds is 6. The Morgan fingerprint density at radius 2 is 1.90 bits per heavy atom. The molecule has 0 saturated carbocycles. The number of hydrazone groups is 1. The first kappa shape index (κ1) is 21.7. The van der Waals surface area contributed by atoms with Crippen LogP contribution in [0.5, 0.6) is 0 Å². The number of carbonyl (C=O) groups is 2. The lowest BCUT2D eigenvalue weighted by Gasteiger charge is -2.40. The lowest BCUT2D eigenvalue weighted by Crippen LogP contribution is -2.58. The van der Waals surface area contributed by atoms with Crippen molar-refractivity contribution >= 4 is 33.5 Å². The summed E-state index contributed by atoms with van der Waals surface area (Å²) >= 11 is 3.55. The van der Waals surface area contributed by atoms with Crippen molar-refractivity contribution in [3.63, 3.8) is 0 Å². The summed E-state index contributed by atoms with van der Waals surface area (Å²) in [6.07, 6.45) is 2.39. The molecule has 4 rings (SSSR count). The molecule has 2 aromatic rings. The van der Waals surface area contributed by atoms with Gasteiger partial charge in [-0.25, -0.2) is 5.01 Å². The summed E-state index contributed by atoms with van der Waals surface area (Å²) in [7, 11) is 1.69. The van der Waals surface area contributed by atoms with Crippen LogP contribution in [-0.4, -0.2) is 53.6 Å². The Morgan fingerprint density at radius 1 is 1.19 bits per heavy atom. The molecule has 0 bridgehead atoms. The van der Waals surface area contributed by atoms with Crippen molar-refractivity contribution in [3.05, 3.63) is 70.2 Å². The Labute approximate surface area is 191 Å². The van der Waals surface area contributed by atoms with Crippen LogP contribution in [0.15, 0.2) is 64.2 Å². The number of hydrogen-bond acceptors (Lipinski definition) is 4. The largest absolute Gasteiger partial charge is 0.339 e. The molecule has 0 radical (unpaired) electrons. The lowest BCUT2D eigenvalue weighted by atomic mass is 9.73. The number of piperidine rings is 1. The maximum Gasteiger partial charge on any atom is 0.256 e. The number of hydrogen-bond donors (Lipinski definition) is 1. The smallest absolute Gasteiger partial charge is 0.256 e. The van der Waals surface area contributed by atoms with Crippen LogP contribution in [0.25, 0.3) is 0 Å². The van der Waals surface area contributed by atoms with Gasteiger partial charge in [0.15, 0.2) is 0 Å². The zero-order valence-corrected chi connectivity index (χ0v) is 19.2. The number of benzene rings is 2. The monoisotopic (exact) mass is 482 g/mol. The van der Waals surface area contributed by atoms with Crippen molar-refractivity contribution < 1.29 is 9.59 Å². The summed E-state index contributed by atoms with van der Waals surface area (Å²) in [4.78, 5) is 28.2. The van der Waals surface area contributed by atoms with Crippen LogP contribution in [0, 0.1) is 5.41 Å². The van der Waals surface area contributed by atoms with E-state index in [1.807, 2.05) is 54.6 Å². The van der Waals surface area contributed by atoms with Gasteiger partial charge in [-0.2, -0.15) is 5.10 Å². The zero-order valence-electron chi connectivity index (χ0n) is 17.6.